The molecule has 1 aliphatic heterocycles. The van der Waals surface area contributed by atoms with Crippen molar-refractivity contribution in [1.29, 1.82) is 0 Å². The van der Waals surface area contributed by atoms with Gasteiger partial charge in [-0.15, -0.1) is 6.58 Å². The summed E-state index contributed by atoms with van der Waals surface area (Å²) in [5.41, 5.74) is 4.24. The highest BCUT2D eigenvalue weighted by atomic mass is 35.5. The van der Waals surface area contributed by atoms with E-state index in [-0.39, 0.29) is 11.7 Å². The number of halogens is 1. The SMILES string of the molecule is C=CCc1cc(/C=c2/sc3n(c2=O)[C@@H](c2ccc(Cl)cc2)C(C(=O)OC(C)C)=C(C)N=3)ccc1OCc1ccccc1. The summed E-state index contributed by atoms with van der Waals surface area (Å²) in [6.07, 6.45) is 3.97. The van der Waals surface area contributed by atoms with Gasteiger partial charge >= 0.3 is 5.97 Å². The second kappa shape index (κ2) is 12.8. The van der Waals surface area contributed by atoms with Gasteiger partial charge in [0.2, 0.25) is 0 Å². The first-order valence-electron chi connectivity index (χ1n) is 13.6. The molecule has 0 saturated carbocycles. The van der Waals surface area contributed by atoms with Gasteiger partial charge in [-0.25, -0.2) is 9.79 Å². The van der Waals surface area contributed by atoms with Gasteiger partial charge in [0.05, 0.1) is 27.9 Å². The highest BCUT2D eigenvalue weighted by Crippen LogP contribution is 2.31. The van der Waals surface area contributed by atoms with Crippen molar-refractivity contribution in [2.75, 3.05) is 0 Å². The lowest BCUT2D eigenvalue weighted by atomic mass is 9.96. The third-order valence-electron chi connectivity index (χ3n) is 6.75. The number of ether oxygens (including phenoxy) is 2. The fourth-order valence-electron chi connectivity index (χ4n) is 4.85. The van der Waals surface area contributed by atoms with Gasteiger partial charge in [-0.05, 0) is 79.8 Å². The Hall–Kier alpha value is -4.20. The van der Waals surface area contributed by atoms with Crippen molar-refractivity contribution >= 4 is 35.0 Å². The molecule has 0 N–H and O–H groups in total. The van der Waals surface area contributed by atoms with Crippen molar-refractivity contribution in [2.45, 2.75) is 45.9 Å². The minimum atomic E-state index is -0.697. The Morgan fingerprint density at radius 2 is 1.86 bits per heavy atom. The Balaban J connectivity index is 1.57. The molecule has 2 heterocycles. The molecule has 0 radical (unpaired) electrons. The lowest BCUT2D eigenvalue weighted by Gasteiger charge is -2.25. The Bertz CT molecular complexity index is 1840. The molecule has 6 nitrogen and oxygen atoms in total. The molecular weight excluding hydrogens is 568 g/mol. The van der Waals surface area contributed by atoms with Crippen molar-refractivity contribution in [2.24, 2.45) is 4.99 Å². The zero-order chi connectivity index (χ0) is 29.8. The number of fused-ring (bicyclic) bond motifs is 1. The van der Waals surface area contributed by atoms with E-state index in [1.807, 2.05) is 72.8 Å². The Kier molecular flexibility index (Phi) is 8.90. The van der Waals surface area contributed by atoms with Crippen molar-refractivity contribution in [3.05, 3.63) is 144 Å². The quantitative estimate of drug-likeness (QED) is 0.171. The van der Waals surface area contributed by atoms with Crippen molar-refractivity contribution in [3.8, 4) is 5.75 Å². The number of carbonyl (C=O) groups excluding carboxylic acids is 1. The molecule has 42 heavy (non-hydrogen) atoms. The van der Waals surface area contributed by atoms with Gasteiger partial charge in [0.25, 0.3) is 5.56 Å². The first-order valence-corrected chi connectivity index (χ1v) is 14.8. The molecule has 4 aromatic rings. The third kappa shape index (κ3) is 6.32. The number of esters is 1. The zero-order valence-electron chi connectivity index (χ0n) is 23.7. The lowest BCUT2D eigenvalue weighted by Crippen LogP contribution is -2.40. The minimum Gasteiger partial charge on any atom is -0.489 e. The van der Waals surface area contributed by atoms with E-state index >= 15 is 0 Å². The van der Waals surface area contributed by atoms with E-state index in [4.69, 9.17) is 21.1 Å². The van der Waals surface area contributed by atoms with Gasteiger partial charge in [0.1, 0.15) is 12.4 Å². The van der Waals surface area contributed by atoms with E-state index in [1.165, 1.54) is 11.3 Å². The van der Waals surface area contributed by atoms with Crippen LogP contribution in [0.3, 0.4) is 0 Å². The average molecular weight is 599 g/mol. The number of aromatic nitrogens is 1. The number of rotatable bonds is 9. The molecule has 0 unspecified atom stereocenters. The normalized spacial score (nSPS) is 14.9. The van der Waals surface area contributed by atoms with Crippen LogP contribution in [0.1, 0.15) is 49.1 Å². The van der Waals surface area contributed by atoms with Crippen LogP contribution in [0.4, 0.5) is 0 Å². The highest BCUT2D eigenvalue weighted by Gasteiger charge is 2.33. The summed E-state index contributed by atoms with van der Waals surface area (Å²) in [5, 5.41) is 0.560. The largest absolute Gasteiger partial charge is 0.489 e. The molecule has 0 aliphatic carbocycles. The molecule has 1 atom stereocenters. The molecule has 0 fully saturated rings. The Morgan fingerprint density at radius 3 is 2.55 bits per heavy atom. The Labute approximate surface area is 253 Å². The molecule has 0 spiro atoms. The first kappa shape index (κ1) is 29.3. The molecule has 214 valence electrons. The van der Waals surface area contributed by atoms with Crippen LogP contribution in [0.15, 0.2) is 107 Å². The molecular formula is C34H31ClN2O4S. The summed E-state index contributed by atoms with van der Waals surface area (Å²) in [7, 11) is 0. The number of hydrogen-bond acceptors (Lipinski definition) is 6. The molecule has 0 amide bonds. The molecule has 3 aromatic carbocycles. The van der Waals surface area contributed by atoms with Crippen LogP contribution in [0.5, 0.6) is 5.75 Å². The molecule has 1 aliphatic rings. The number of allylic oxidation sites excluding steroid dienone is 2. The van der Waals surface area contributed by atoms with Crippen LogP contribution < -0.4 is 19.6 Å². The molecule has 1 aromatic heterocycles. The van der Waals surface area contributed by atoms with Gasteiger partial charge in [-0.1, -0.05) is 77.5 Å². The van der Waals surface area contributed by atoms with Crippen molar-refractivity contribution in [1.82, 2.24) is 4.57 Å². The molecule has 8 heteroatoms. The maximum atomic E-state index is 13.9. The van der Waals surface area contributed by atoms with Gasteiger partial charge in [-0.2, -0.15) is 0 Å². The van der Waals surface area contributed by atoms with Gasteiger partial charge < -0.3 is 9.47 Å². The second-order valence-corrected chi connectivity index (χ2v) is 11.7. The molecule has 0 bridgehead atoms. The number of carbonyl (C=O) groups is 1. The van der Waals surface area contributed by atoms with Gasteiger partial charge in [0.15, 0.2) is 4.80 Å². The van der Waals surface area contributed by atoms with E-state index in [1.54, 1.807) is 37.5 Å². The van der Waals surface area contributed by atoms with E-state index in [0.29, 0.717) is 38.7 Å². The maximum absolute atomic E-state index is 13.9. The first-order chi connectivity index (χ1) is 20.2. The number of thiazole rings is 1. The second-order valence-electron chi connectivity index (χ2n) is 10.2. The summed E-state index contributed by atoms with van der Waals surface area (Å²) in [5.74, 6) is 0.268. The smallest absolute Gasteiger partial charge is 0.338 e. The highest BCUT2D eigenvalue weighted by molar-refractivity contribution is 7.07. The Morgan fingerprint density at radius 1 is 1.12 bits per heavy atom. The van der Waals surface area contributed by atoms with E-state index in [0.717, 1.165) is 28.0 Å². The predicted octanol–water partition coefficient (Wildman–Crippen LogP) is 6.15. The number of nitrogens with zero attached hydrogens (tertiary/aromatic N) is 2. The van der Waals surface area contributed by atoms with Crippen LogP contribution in [0.25, 0.3) is 6.08 Å². The third-order valence-corrected chi connectivity index (χ3v) is 7.99. The van der Waals surface area contributed by atoms with Gasteiger partial charge in [-0.3, -0.25) is 9.36 Å². The zero-order valence-corrected chi connectivity index (χ0v) is 25.2. The monoisotopic (exact) mass is 598 g/mol. The van der Waals surface area contributed by atoms with E-state index in [9.17, 15) is 9.59 Å². The maximum Gasteiger partial charge on any atom is 0.338 e. The lowest BCUT2D eigenvalue weighted by molar-refractivity contribution is -0.143. The minimum absolute atomic E-state index is 0.240. The van der Waals surface area contributed by atoms with Crippen LogP contribution in [-0.4, -0.2) is 16.6 Å². The predicted molar refractivity (Wildman–Crippen MR) is 168 cm³/mol. The standard InChI is InChI=1S/C34H31ClN2O4S/c1-5-9-26-18-24(12-17-28(26)40-20-23-10-7-6-8-11-23)19-29-32(38)37-31(25-13-15-27(35)16-14-25)30(33(39)41-21(2)3)22(4)36-34(37)42-29/h5-8,10-19,21,31H,1,9,20H2,2-4H3/b29-19+/t31-/m0/s1. The van der Waals surface area contributed by atoms with Gasteiger partial charge in [0, 0.05) is 5.02 Å². The summed E-state index contributed by atoms with van der Waals surface area (Å²) in [4.78, 5) is 32.4. The van der Waals surface area contributed by atoms with Crippen LogP contribution in [0.2, 0.25) is 5.02 Å². The van der Waals surface area contributed by atoms with Crippen LogP contribution >= 0.6 is 22.9 Å². The number of hydrogen-bond donors (Lipinski definition) is 0. The number of benzene rings is 3. The summed E-state index contributed by atoms with van der Waals surface area (Å²) < 4.78 is 13.8. The summed E-state index contributed by atoms with van der Waals surface area (Å²) in [6, 6.07) is 22.3. The van der Waals surface area contributed by atoms with E-state index in [2.05, 4.69) is 11.6 Å². The van der Waals surface area contributed by atoms with Crippen LogP contribution in [0, 0.1) is 0 Å². The van der Waals surface area contributed by atoms with Crippen LogP contribution in [-0.2, 0) is 22.6 Å². The molecule has 5 rings (SSSR count). The fourth-order valence-corrected chi connectivity index (χ4v) is 6.02. The van der Waals surface area contributed by atoms with Crippen molar-refractivity contribution < 1.29 is 14.3 Å². The van der Waals surface area contributed by atoms with Crippen molar-refractivity contribution in [3.63, 3.8) is 0 Å². The average Bonchev–Trinajstić information content (AvgIpc) is 3.26. The van der Waals surface area contributed by atoms with E-state index < -0.39 is 12.0 Å². The summed E-state index contributed by atoms with van der Waals surface area (Å²) in [6.45, 7) is 9.70. The fraction of sp³-hybridized carbons (Fsp3) is 0.206. The summed E-state index contributed by atoms with van der Waals surface area (Å²) >= 11 is 7.45. The topological polar surface area (TPSA) is 69.9 Å². The molecule has 0 saturated heterocycles.